The van der Waals surface area contributed by atoms with E-state index in [4.69, 9.17) is 0 Å². The Balaban J connectivity index is 2.33. The Hall–Kier alpha value is -2.32. The summed E-state index contributed by atoms with van der Waals surface area (Å²) in [7, 11) is 8.44. The van der Waals surface area contributed by atoms with Gasteiger partial charge in [0.25, 0.3) is 5.91 Å². The van der Waals surface area contributed by atoms with Gasteiger partial charge in [-0.25, -0.2) is 9.79 Å². The molecule has 0 aliphatic carbocycles. The zero-order valence-electron chi connectivity index (χ0n) is 12.8. The lowest BCUT2D eigenvalue weighted by Gasteiger charge is -2.36. The van der Waals surface area contributed by atoms with Gasteiger partial charge in [0.1, 0.15) is 6.54 Å². The van der Waals surface area contributed by atoms with Crippen molar-refractivity contribution >= 4 is 23.8 Å². The highest BCUT2D eigenvalue weighted by atomic mass is 16.2. The third-order valence-corrected chi connectivity index (χ3v) is 3.54. The number of nitrogens with one attached hydrogen (secondary N) is 1. The van der Waals surface area contributed by atoms with E-state index in [2.05, 4.69) is 10.3 Å². The fourth-order valence-corrected chi connectivity index (χ4v) is 2.34. The van der Waals surface area contributed by atoms with Gasteiger partial charge < -0.3 is 19.6 Å². The number of nitrogens with zero attached hydrogens (tertiary/aromatic N) is 5. The Morgan fingerprint density at radius 3 is 2.43 bits per heavy atom. The number of hydrogen-bond acceptors (Lipinski definition) is 6. The molecule has 1 fully saturated rings. The maximum atomic E-state index is 12.1. The number of amides is 4. The van der Waals surface area contributed by atoms with Crippen LogP contribution in [0.25, 0.3) is 0 Å². The third-order valence-electron chi connectivity index (χ3n) is 3.54. The first-order valence-corrected chi connectivity index (χ1v) is 6.53. The number of guanidine groups is 1. The Morgan fingerprint density at radius 2 is 1.90 bits per heavy atom. The summed E-state index contributed by atoms with van der Waals surface area (Å²) in [5.74, 6) is -0.0651. The van der Waals surface area contributed by atoms with Crippen molar-refractivity contribution in [1.29, 1.82) is 0 Å². The van der Waals surface area contributed by atoms with E-state index in [0.29, 0.717) is 5.96 Å². The Labute approximate surface area is 123 Å². The van der Waals surface area contributed by atoms with Crippen molar-refractivity contribution in [2.45, 2.75) is 12.2 Å². The van der Waals surface area contributed by atoms with Crippen LogP contribution in [0, 0.1) is 0 Å². The highest BCUT2D eigenvalue weighted by Crippen LogP contribution is 2.24. The van der Waals surface area contributed by atoms with Crippen LogP contribution in [-0.2, 0) is 9.59 Å². The highest BCUT2D eigenvalue weighted by Gasteiger charge is 2.49. The van der Waals surface area contributed by atoms with Gasteiger partial charge in [0.05, 0.1) is 0 Å². The summed E-state index contributed by atoms with van der Waals surface area (Å²) in [5, 5.41) is 2.28. The molecule has 2 heterocycles. The van der Waals surface area contributed by atoms with E-state index >= 15 is 0 Å². The van der Waals surface area contributed by atoms with E-state index in [1.54, 1.807) is 45.0 Å². The number of urea groups is 1. The molecule has 1 N–H and O–H groups in total. The van der Waals surface area contributed by atoms with E-state index in [-0.39, 0.29) is 12.5 Å². The Kier molecular flexibility index (Phi) is 3.75. The van der Waals surface area contributed by atoms with Crippen LogP contribution in [0.4, 0.5) is 4.79 Å². The molecule has 2 aliphatic heterocycles. The summed E-state index contributed by atoms with van der Waals surface area (Å²) >= 11 is 0. The Morgan fingerprint density at radius 1 is 1.29 bits per heavy atom. The molecular formula is C12H20N6O3. The van der Waals surface area contributed by atoms with Crippen LogP contribution in [0.3, 0.4) is 0 Å². The topological polar surface area (TPSA) is 88.6 Å². The number of fused-ring (bicyclic) bond motifs is 1. The van der Waals surface area contributed by atoms with Gasteiger partial charge in [-0.15, -0.1) is 0 Å². The fourth-order valence-electron chi connectivity index (χ4n) is 2.34. The number of hydrogen-bond donors (Lipinski definition) is 1. The second-order valence-electron chi connectivity index (χ2n) is 5.50. The molecule has 2 atom stereocenters. The molecule has 0 spiro atoms. The minimum absolute atomic E-state index is 0.0284. The number of carbonyl (C=O) groups excluding carboxylic acids is 3. The number of aliphatic imine (C=N–C) groups is 1. The molecule has 0 radical (unpaired) electrons. The lowest BCUT2D eigenvalue weighted by Crippen LogP contribution is -2.64. The molecule has 9 heteroatoms. The molecular weight excluding hydrogens is 276 g/mol. The predicted molar refractivity (Wildman–Crippen MR) is 75.4 cm³/mol. The summed E-state index contributed by atoms with van der Waals surface area (Å²) in [6.07, 6.45) is -0.612. The maximum absolute atomic E-state index is 12.1. The fraction of sp³-hybridized carbons (Fsp3) is 0.667. The van der Waals surface area contributed by atoms with E-state index in [0.717, 1.165) is 0 Å². The zero-order chi connectivity index (χ0) is 15.9. The van der Waals surface area contributed by atoms with E-state index < -0.39 is 24.1 Å². The van der Waals surface area contributed by atoms with Crippen molar-refractivity contribution in [3.8, 4) is 0 Å². The first-order chi connectivity index (χ1) is 9.73. The molecule has 0 aromatic heterocycles. The second-order valence-corrected chi connectivity index (χ2v) is 5.50. The molecule has 0 aromatic rings. The minimum atomic E-state index is -0.686. The van der Waals surface area contributed by atoms with Gasteiger partial charge in [0.15, 0.2) is 18.2 Å². The first-order valence-electron chi connectivity index (χ1n) is 6.53. The van der Waals surface area contributed by atoms with Crippen LogP contribution in [0.15, 0.2) is 4.99 Å². The first kappa shape index (κ1) is 15.1. The monoisotopic (exact) mass is 296 g/mol. The van der Waals surface area contributed by atoms with Crippen LogP contribution in [-0.4, -0.2) is 97.4 Å². The maximum Gasteiger partial charge on any atom is 0.325 e. The average molecular weight is 296 g/mol. The molecule has 2 unspecified atom stereocenters. The second kappa shape index (κ2) is 5.23. The summed E-state index contributed by atoms with van der Waals surface area (Å²) in [4.78, 5) is 46.4. The van der Waals surface area contributed by atoms with Crippen molar-refractivity contribution in [2.75, 3.05) is 41.8 Å². The van der Waals surface area contributed by atoms with Crippen molar-refractivity contribution in [2.24, 2.45) is 4.99 Å². The Bertz CT molecular complexity index is 515. The molecule has 116 valence electrons. The molecule has 4 amide bonds. The summed E-state index contributed by atoms with van der Waals surface area (Å²) in [6, 6.07) is -1.17. The SMILES string of the molecule is CN(C)C(=O)CN1C(N(C)C)=NC2C1C(=O)NC(=O)N2C. The molecule has 0 aromatic carbocycles. The predicted octanol–water partition coefficient (Wildman–Crippen LogP) is -1.82. The summed E-state index contributed by atoms with van der Waals surface area (Å²) in [6.45, 7) is 0.0284. The van der Waals surface area contributed by atoms with Gasteiger partial charge in [0.2, 0.25) is 5.91 Å². The largest absolute Gasteiger partial charge is 0.349 e. The van der Waals surface area contributed by atoms with Gasteiger partial charge in [-0.1, -0.05) is 0 Å². The number of imide groups is 1. The molecule has 0 saturated carbocycles. The standard InChI is InChI=1S/C12H20N6O3/c1-15(2)7(19)6-18-8-9(13-11(18)16(3)4)17(5)12(21)14-10(8)20/h8-9H,6H2,1-5H3,(H,14,20,21). The summed E-state index contributed by atoms with van der Waals surface area (Å²) < 4.78 is 0. The number of likely N-dealkylation sites (N-methyl/N-ethyl adjacent to an activating group) is 2. The van der Waals surface area contributed by atoms with Gasteiger partial charge >= 0.3 is 6.03 Å². The smallest absolute Gasteiger partial charge is 0.325 e. The van der Waals surface area contributed by atoms with Crippen LogP contribution in [0.5, 0.6) is 0 Å². The van der Waals surface area contributed by atoms with Gasteiger partial charge in [-0.2, -0.15) is 0 Å². The van der Waals surface area contributed by atoms with E-state index in [1.807, 2.05) is 0 Å². The highest BCUT2D eigenvalue weighted by molar-refractivity contribution is 6.04. The zero-order valence-corrected chi connectivity index (χ0v) is 12.8. The van der Waals surface area contributed by atoms with Crippen molar-refractivity contribution in [3.63, 3.8) is 0 Å². The molecule has 2 aliphatic rings. The molecule has 1 saturated heterocycles. The van der Waals surface area contributed by atoms with Gasteiger partial charge in [0, 0.05) is 35.2 Å². The lowest BCUT2D eigenvalue weighted by atomic mass is 10.1. The van der Waals surface area contributed by atoms with Crippen molar-refractivity contribution in [3.05, 3.63) is 0 Å². The summed E-state index contributed by atoms with van der Waals surface area (Å²) in [5.41, 5.74) is 0. The lowest BCUT2D eigenvalue weighted by molar-refractivity contribution is -0.132. The van der Waals surface area contributed by atoms with Gasteiger partial charge in [-0.3, -0.25) is 14.9 Å². The minimum Gasteiger partial charge on any atom is -0.349 e. The van der Waals surface area contributed by atoms with Crippen molar-refractivity contribution in [1.82, 2.24) is 24.9 Å². The molecule has 9 nitrogen and oxygen atoms in total. The van der Waals surface area contributed by atoms with E-state index in [9.17, 15) is 14.4 Å². The molecule has 2 rings (SSSR count). The molecule has 21 heavy (non-hydrogen) atoms. The normalized spacial score (nSPS) is 24.5. The average Bonchev–Trinajstić information content (AvgIpc) is 2.76. The van der Waals surface area contributed by atoms with Crippen LogP contribution >= 0.6 is 0 Å². The van der Waals surface area contributed by atoms with Crippen LogP contribution in [0.1, 0.15) is 0 Å². The van der Waals surface area contributed by atoms with Gasteiger partial charge in [-0.05, 0) is 0 Å². The van der Waals surface area contributed by atoms with Crippen LogP contribution in [0.2, 0.25) is 0 Å². The van der Waals surface area contributed by atoms with Crippen LogP contribution < -0.4 is 5.32 Å². The molecule has 0 bridgehead atoms. The van der Waals surface area contributed by atoms with Crippen molar-refractivity contribution < 1.29 is 14.4 Å². The quantitative estimate of drug-likeness (QED) is 0.648. The third kappa shape index (κ3) is 2.50. The number of rotatable bonds is 2. The van der Waals surface area contributed by atoms with E-state index in [1.165, 1.54) is 9.80 Å². The number of carbonyl (C=O) groups is 3.